The van der Waals surface area contributed by atoms with Gasteiger partial charge in [0.15, 0.2) is 0 Å². The molecule has 0 saturated carbocycles. The van der Waals surface area contributed by atoms with Gasteiger partial charge in [0, 0.05) is 36.8 Å². The van der Waals surface area contributed by atoms with Crippen LogP contribution in [0.1, 0.15) is 22.7 Å². The highest BCUT2D eigenvalue weighted by Gasteiger charge is 2.38. The number of halogens is 5. The minimum absolute atomic E-state index is 0. The molecule has 1 aromatic carbocycles. The Morgan fingerprint density at radius 3 is 2.46 bits per heavy atom. The van der Waals surface area contributed by atoms with Crippen LogP contribution in [0.3, 0.4) is 0 Å². The molecule has 0 spiro atoms. The normalized spacial score (nSPS) is 17.3. The summed E-state index contributed by atoms with van der Waals surface area (Å²) in [5.74, 6) is 0. The Labute approximate surface area is 154 Å². The predicted molar refractivity (Wildman–Crippen MR) is 94.3 cm³/mol. The molecule has 0 bridgehead atoms. The molecular formula is C16H17Cl2F3N2S. The smallest absolute Gasteiger partial charge is 0.314 e. The van der Waals surface area contributed by atoms with E-state index in [1.165, 1.54) is 23.5 Å². The van der Waals surface area contributed by atoms with Gasteiger partial charge in [0.1, 0.15) is 0 Å². The van der Waals surface area contributed by atoms with E-state index in [1.807, 2.05) is 16.8 Å². The number of piperazine rings is 1. The molecule has 0 amide bonds. The Morgan fingerprint density at radius 2 is 1.88 bits per heavy atom. The molecule has 2 nitrogen and oxygen atoms in total. The van der Waals surface area contributed by atoms with E-state index < -0.39 is 17.8 Å². The van der Waals surface area contributed by atoms with Gasteiger partial charge in [-0.2, -0.15) is 24.5 Å². The first-order chi connectivity index (χ1) is 11.0. The molecule has 1 saturated heterocycles. The van der Waals surface area contributed by atoms with Gasteiger partial charge in [-0.05, 0) is 34.5 Å². The number of hydrogen-bond acceptors (Lipinski definition) is 3. The van der Waals surface area contributed by atoms with E-state index in [0.29, 0.717) is 13.1 Å². The summed E-state index contributed by atoms with van der Waals surface area (Å²) in [6, 6.07) is 5.41. The molecule has 1 aliphatic rings. The molecule has 132 valence electrons. The Balaban J connectivity index is 0.00000208. The minimum atomic E-state index is -4.43. The van der Waals surface area contributed by atoms with E-state index in [2.05, 4.69) is 10.2 Å². The largest absolute Gasteiger partial charge is 0.416 e. The molecular weight excluding hydrogens is 380 g/mol. The van der Waals surface area contributed by atoms with Crippen molar-refractivity contribution in [2.75, 3.05) is 26.2 Å². The Morgan fingerprint density at radius 1 is 1.17 bits per heavy atom. The number of benzene rings is 1. The Hall–Kier alpha value is -0.790. The third-order valence-corrected chi connectivity index (χ3v) is 5.04. The highest BCUT2D eigenvalue weighted by Crippen LogP contribution is 2.42. The number of thiophene rings is 1. The first-order valence-electron chi connectivity index (χ1n) is 7.31. The van der Waals surface area contributed by atoms with Crippen LogP contribution >= 0.6 is 35.3 Å². The number of nitrogens with one attached hydrogen (secondary N) is 1. The van der Waals surface area contributed by atoms with Gasteiger partial charge in [0.2, 0.25) is 0 Å². The predicted octanol–water partition coefficient (Wildman–Crippen LogP) is 4.84. The van der Waals surface area contributed by atoms with Crippen molar-refractivity contribution in [2.24, 2.45) is 0 Å². The van der Waals surface area contributed by atoms with Crippen molar-refractivity contribution in [3.8, 4) is 0 Å². The monoisotopic (exact) mass is 396 g/mol. The third-order valence-electron chi connectivity index (χ3n) is 4.01. The summed E-state index contributed by atoms with van der Waals surface area (Å²) in [6.07, 6.45) is -4.43. The lowest BCUT2D eigenvalue weighted by molar-refractivity contribution is -0.138. The number of nitrogens with zero attached hydrogens (tertiary/aromatic N) is 1. The maximum Gasteiger partial charge on any atom is 0.416 e. The lowest BCUT2D eigenvalue weighted by Crippen LogP contribution is -2.45. The second-order valence-electron chi connectivity index (χ2n) is 5.44. The molecule has 1 atom stereocenters. The second-order valence-corrected chi connectivity index (χ2v) is 6.63. The van der Waals surface area contributed by atoms with Crippen molar-refractivity contribution >= 4 is 35.3 Å². The molecule has 1 aliphatic heterocycles. The van der Waals surface area contributed by atoms with Crippen molar-refractivity contribution in [2.45, 2.75) is 12.2 Å². The molecule has 8 heteroatoms. The van der Waals surface area contributed by atoms with Crippen LogP contribution < -0.4 is 5.32 Å². The molecule has 3 rings (SSSR count). The van der Waals surface area contributed by atoms with E-state index >= 15 is 0 Å². The van der Waals surface area contributed by atoms with Gasteiger partial charge >= 0.3 is 6.18 Å². The molecule has 1 aromatic heterocycles. The second kappa shape index (κ2) is 8.06. The van der Waals surface area contributed by atoms with E-state index in [4.69, 9.17) is 11.6 Å². The average Bonchev–Trinajstić information content (AvgIpc) is 3.03. The van der Waals surface area contributed by atoms with Crippen LogP contribution in [0.5, 0.6) is 0 Å². The summed E-state index contributed by atoms with van der Waals surface area (Å²) < 4.78 is 40.5. The highest BCUT2D eigenvalue weighted by atomic mass is 35.5. The molecule has 2 heterocycles. The van der Waals surface area contributed by atoms with Crippen LogP contribution in [0.4, 0.5) is 13.2 Å². The van der Waals surface area contributed by atoms with Crippen LogP contribution in [0.25, 0.3) is 0 Å². The highest BCUT2D eigenvalue weighted by molar-refractivity contribution is 7.08. The summed E-state index contributed by atoms with van der Waals surface area (Å²) in [5, 5.41) is 7.18. The van der Waals surface area contributed by atoms with E-state index in [-0.39, 0.29) is 23.0 Å². The first kappa shape index (κ1) is 19.5. The average molecular weight is 397 g/mol. The van der Waals surface area contributed by atoms with E-state index in [0.717, 1.165) is 24.7 Å². The van der Waals surface area contributed by atoms with Gasteiger partial charge in [-0.1, -0.05) is 17.7 Å². The topological polar surface area (TPSA) is 15.3 Å². The zero-order valence-electron chi connectivity index (χ0n) is 12.6. The lowest BCUT2D eigenvalue weighted by atomic mass is 9.93. The molecule has 24 heavy (non-hydrogen) atoms. The summed E-state index contributed by atoms with van der Waals surface area (Å²) >= 11 is 7.71. The van der Waals surface area contributed by atoms with Gasteiger partial charge < -0.3 is 5.32 Å². The molecule has 1 N–H and O–H groups in total. The molecule has 2 aromatic rings. The molecule has 0 unspecified atom stereocenters. The van der Waals surface area contributed by atoms with Crippen LogP contribution in [-0.4, -0.2) is 31.1 Å². The fourth-order valence-electron chi connectivity index (χ4n) is 2.99. The van der Waals surface area contributed by atoms with Gasteiger partial charge in [0.05, 0.1) is 11.6 Å². The summed E-state index contributed by atoms with van der Waals surface area (Å²) in [5.41, 5.74) is 0.359. The van der Waals surface area contributed by atoms with Crippen LogP contribution in [-0.2, 0) is 6.18 Å². The van der Waals surface area contributed by atoms with Gasteiger partial charge in [-0.25, -0.2) is 0 Å². The van der Waals surface area contributed by atoms with Gasteiger partial charge in [-0.15, -0.1) is 12.4 Å². The third kappa shape index (κ3) is 4.06. The maximum atomic E-state index is 13.5. The standard InChI is InChI=1S/C16H16ClF3N2S.ClH/c17-13-3-1-2-12(16(18,19)20)14(13)15(11-4-9-23-10-11)22-7-5-21-6-8-22;/h1-4,9-10,15,21H,5-8H2;1H/t15-;/m1./s1. The van der Waals surface area contributed by atoms with E-state index in [1.54, 1.807) is 0 Å². The van der Waals surface area contributed by atoms with Crippen molar-refractivity contribution in [1.82, 2.24) is 10.2 Å². The lowest BCUT2D eigenvalue weighted by Gasteiger charge is -2.36. The summed E-state index contributed by atoms with van der Waals surface area (Å²) in [4.78, 5) is 2.06. The van der Waals surface area contributed by atoms with Crippen LogP contribution in [0, 0.1) is 0 Å². The summed E-state index contributed by atoms with van der Waals surface area (Å²) in [6.45, 7) is 2.88. The van der Waals surface area contributed by atoms with E-state index in [9.17, 15) is 13.2 Å². The molecule has 0 radical (unpaired) electrons. The number of hydrogen-bond donors (Lipinski definition) is 1. The number of alkyl halides is 3. The van der Waals surface area contributed by atoms with Gasteiger partial charge in [-0.3, -0.25) is 4.90 Å². The van der Waals surface area contributed by atoms with Crippen molar-refractivity contribution in [3.63, 3.8) is 0 Å². The van der Waals surface area contributed by atoms with Crippen LogP contribution in [0.2, 0.25) is 5.02 Å². The fourth-order valence-corrected chi connectivity index (χ4v) is 3.95. The molecule has 0 aliphatic carbocycles. The fraction of sp³-hybridized carbons (Fsp3) is 0.375. The first-order valence-corrected chi connectivity index (χ1v) is 8.63. The molecule has 1 fully saturated rings. The van der Waals surface area contributed by atoms with Crippen LogP contribution in [0.15, 0.2) is 35.0 Å². The minimum Gasteiger partial charge on any atom is -0.314 e. The van der Waals surface area contributed by atoms with Gasteiger partial charge in [0.25, 0.3) is 0 Å². The zero-order valence-corrected chi connectivity index (χ0v) is 15.0. The Kier molecular flexibility index (Phi) is 6.56. The quantitative estimate of drug-likeness (QED) is 0.798. The SMILES string of the molecule is Cl.FC(F)(F)c1cccc(Cl)c1[C@@H](c1ccsc1)N1CCNCC1. The van der Waals surface area contributed by atoms with Crippen molar-refractivity contribution in [3.05, 3.63) is 56.7 Å². The Bertz CT molecular complexity index is 656. The van der Waals surface area contributed by atoms with Crippen molar-refractivity contribution in [1.29, 1.82) is 0 Å². The maximum absolute atomic E-state index is 13.5. The van der Waals surface area contributed by atoms with Crippen molar-refractivity contribution < 1.29 is 13.2 Å². The summed E-state index contributed by atoms with van der Waals surface area (Å²) in [7, 11) is 0. The number of rotatable bonds is 3. The zero-order chi connectivity index (χ0) is 16.4.